The summed E-state index contributed by atoms with van der Waals surface area (Å²) >= 11 is 0. The van der Waals surface area contributed by atoms with Crippen molar-refractivity contribution < 1.29 is 34.6 Å². The van der Waals surface area contributed by atoms with E-state index >= 15 is 0 Å². The van der Waals surface area contributed by atoms with Gasteiger partial charge in [-0.25, -0.2) is 13.8 Å². The zero-order valence-electron chi connectivity index (χ0n) is 37.9. The minimum Gasteiger partial charge on any atom is -0.509 e. The average molecular weight is 1050 g/mol. The summed E-state index contributed by atoms with van der Waals surface area (Å²) in [6, 6.07) is 54.8. The Morgan fingerprint density at radius 2 is 1.21 bits per heavy atom. The molecule has 7 aromatic carbocycles. The molecule has 9 aromatic rings. The second-order valence-corrected chi connectivity index (χ2v) is 18.5. The largest absolute Gasteiger partial charge is 0.509 e. The molecular weight excluding hydrogens is 1000 g/mol. The minimum atomic E-state index is -0.600. The number of nitrogens with zero attached hydrogens (tertiary/aromatic N) is 4. The number of benzene rings is 7. The fourth-order valence-electron chi connectivity index (χ4n) is 9.03. The summed E-state index contributed by atoms with van der Waals surface area (Å²) < 4.78 is 38.1. The molecule has 0 unspecified atom stereocenters. The molecule has 0 spiro atoms. The minimum absolute atomic E-state index is 0. The van der Waals surface area contributed by atoms with E-state index in [-0.39, 0.29) is 38.3 Å². The van der Waals surface area contributed by atoms with Crippen LogP contribution < -0.4 is 14.5 Å². The van der Waals surface area contributed by atoms with E-state index in [1.807, 2.05) is 36.4 Å². The van der Waals surface area contributed by atoms with Crippen molar-refractivity contribution >= 4 is 44.6 Å². The van der Waals surface area contributed by atoms with Crippen LogP contribution in [0.2, 0.25) is 0 Å². The van der Waals surface area contributed by atoms with Gasteiger partial charge in [-0.1, -0.05) is 115 Å². The second-order valence-electron chi connectivity index (χ2n) is 18.5. The van der Waals surface area contributed by atoms with Crippen LogP contribution in [0.1, 0.15) is 77.0 Å². The van der Waals surface area contributed by atoms with Gasteiger partial charge in [0.25, 0.3) is 0 Å². The number of aromatic nitrogens is 2. The van der Waals surface area contributed by atoms with Crippen molar-refractivity contribution in [2.24, 2.45) is 0 Å². The number of anilines is 4. The molecule has 5 nitrogen and oxygen atoms in total. The molecular formula is C58H49F2N4OPt-3. The van der Waals surface area contributed by atoms with Gasteiger partial charge in [0, 0.05) is 67.4 Å². The van der Waals surface area contributed by atoms with Crippen molar-refractivity contribution in [1.82, 2.24) is 9.55 Å². The number of rotatable bonds is 9. The third-order valence-electron chi connectivity index (χ3n) is 12.3. The standard InChI is InChI=1S/C58H49F2N4O.Pt/c1-36(2)50-30-41(39-26-43(59)32-44(60)27-39)31-51(37(3)4)57(50)63-35-62(53-16-10-11-17-54(53)63)45-28-40(38-19-21-42(22-20-38)58(5,6)7)29-47(33-45)65-46-23-24-49-48-14-8-9-15-52(48)64(55(49)34-46)56-18-12-13-25-61-56;/h8-32,35-37H,1-7H3;/q-3;. The van der Waals surface area contributed by atoms with Crippen molar-refractivity contribution in [2.45, 2.75) is 65.7 Å². The van der Waals surface area contributed by atoms with E-state index in [2.05, 4.69) is 173 Å². The van der Waals surface area contributed by atoms with Gasteiger partial charge in [0.1, 0.15) is 17.5 Å². The van der Waals surface area contributed by atoms with E-state index in [9.17, 15) is 8.78 Å². The summed E-state index contributed by atoms with van der Waals surface area (Å²) in [5, 5.41) is 2.16. The number of fused-ring (bicyclic) bond motifs is 4. The molecule has 0 radical (unpaired) electrons. The third-order valence-corrected chi connectivity index (χ3v) is 12.3. The molecule has 3 heterocycles. The number of halogens is 2. The fourth-order valence-corrected chi connectivity index (χ4v) is 9.03. The molecule has 2 aromatic heterocycles. The van der Waals surface area contributed by atoms with Crippen LogP contribution in [-0.4, -0.2) is 9.55 Å². The van der Waals surface area contributed by atoms with Crippen molar-refractivity contribution in [3.63, 3.8) is 0 Å². The van der Waals surface area contributed by atoms with Gasteiger partial charge in [-0.15, -0.1) is 53.6 Å². The zero-order valence-corrected chi connectivity index (χ0v) is 40.2. The molecule has 0 bridgehead atoms. The van der Waals surface area contributed by atoms with Crippen molar-refractivity contribution in [2.75, 3.05) is 9.80 Å². The maximum Gasteiger partial charge on any atom is 0.135 e. The Morgan fingerprint density at radius 1 is 0.591 bits per heavy atom. The first-order chi connectivity index (χ1) is 31.3. The maximum atomic E-state index is 14.6. The molecule has 0 saturated heterocycles. The van der Waals surface area contributed by atoms with Gasteiger partial charge in [-0.3, -0.25) is 0 Å². The van der Waals surface area contributed by atoms with Gasteiger partial charge in [-0.05, 0) is 111 Å². The van der Waals surface area contributed by atoms with E-state index in [0.29, 0.717) is 17.1 Å². The van der Waals surface area contributed by atoms with E-state index < -0.39 is 11.6 Å². The van der Waals surface area contributed by atoms with Gasteiger partial charge in [0.05, 0.1) is 0 Å². The van der Waals surface area contributed by atoms with Gasteiger partial charge < -0.3 is 19.1 Å². The summed E-state index contributed by atoms with van der Waals surface area (Å²) in [5.41, 5.74) is 12.4. The fraction of sp³-hybridized carbons (Fsp3) is 0.172. The molecule has 1 aliphatic heterocycles. The number of hydrogen-bond acceptors (Lipinski definition) is 4. The molecule has 8 heteroatoms. The van der Waals surface area contributed by atoms with Crippen molar-refractivity contribution in [1.29, 1.82) is 0 Å². The van der Waals surface area contributed by atoms with Crippen LogP contribution in [0.25, 0.3) is 49.9 Å². The van der Waals surface area contributed by atoms with Crippen LogP contribution in [0, 0.1) is 30.4 Å². The van der Waals surface area contributed by atoms with E-state index in [1.165, 1.54) is 17.7 Å². The Balaban J connectivity index is 0.00000548. The van der Waals surface area contributed by atoms with Gasteiger partial charge in [-0.2, -0.15) is 6.07 Å². The average Bonchev–Trinajstić information content (AvgIpc) is 3.84. The summed E-state index contributed by atoms with van der Waals surface area (Å²) in [5.74, 6) is 0.864. The smallest absolute Gasteiger partial charge is 0.135 e. The van der Waals surface area contributed by atoms with E-state index in [1.54, 1.807) is 6.20 Å². The van der Waals surface area contributed by atoms with Crippen LogP contribution in [0.4, 0.5) is 31.5 Å². The Morgan fingerprint density at radius 3 is 1.86 bits per heavy atom. The maximum absolute atomic E-state index is 14.6. The first-order valence-electron chi connectivity index (χ1n) is 22.2. The van der Waals surface area contributed by atoms with E-state index in [0.717, 1.165) is 84.3 Å². The first-order valence-corrected chi connectivity index (χ1v) is 22.2. The SMILES string of the molecule is CC(C)c1cc(-c2cc(F)cc(F)c2)cc(C(C)C)c1N1[CH-]N(c2[c-]c(Oc3[c-]c4c(cc3)c3ccccc3n4-c3ccccn3)cc(-c3ccc(C(C)(C)C)cc3)c2)c2ccccc21.[Pt]. The summed E-state index contributed by atoms with van der Waals surface area (Å²) in [4.78, 5) is 9.14. The van der Waals surface area contributed by atoms with Crippen molar-refractivity contribution in [3.8, 4) is 39.6 Å². The quantitative estimate of drug-likeness (QED) is 0.135. The number of hydrogen-bond donors (Lipinski definition) is 0. The van der Waals surface area contributed by atoms with Crippen molar-refractivity contribution in [3.05, 3.63) is 199 Å². The van der Waals surface area contributed by atoms with Crippen LogP contribution in [-0.2, 0) is 26.5 Å². The zero-order chi connectivity index (χ0) is 45.1. The van der Waals surface area contributed by atoms with Gasteiger partial charge in [0.15, 0.2) is 0 Å². The number of ether oxygens (including phenoxy) is 1. The molecule has 0 atom stereocenters. The molecule has 0 N–H and O–H groups in total. The molecule has 0 saturated carbocycles. The Labute approximate surface area is 400 Å². The molecule has 10 rings (SSSR count). The molecule has 0 fully saturated rings. The normalized spacial score (nSPS) is 12.7. The molecule has 334 valence electrons. The molecule has 0 aliphatic carbocycles. The molecule has 1 aliphatic rings. The summed E-state index contributed by atoms with van der Waals surface area (Å²) in [6.07, 6.45) is 1.80. The van der Waals surface area contributed by atoms with Gasteiger partial charge in [0.2, 0.25) is 0 Å². The van der Waals surface area contributed by atoms with Gasteiger partial charge >= 0.3 is 0 Å². The predicted octanol–water partition coefficient (Wildman–Crippen LogP) is 16.1. The number of para-hydroxylation sites is 3. The molecule has 0 amide bonds. The monoisotopic (exact) mass is 1050 g/mol. The second kappa shape index (κ2) is 17.7. The van der Waals surface area contributed by atoms with E-state index in [4.69, 9.17) is 9.72 Å². The predicted molar refractivity (Wildman–Crippen MR) is 262 cm³/mol. The topological polar surface area (TPSA) is 33.5 Å². The van der Waals surface area contributed by atoms with Crippen LogP contribution in [0.5, 0.6) is 11.5 Å². The summed E-state index contributed by atoms with van der Waals surface area (Å²) in [6.45, 7) is 17.4. The van der Waals surface area contributed by atoms with Crippen LogP contribution in [0.3, 0.4) is 0 Å². The number of pyridine rings is 1. The Kier molecular flexibility index (Phi) is 12.0. The van der Waals surface area contributed by atoms with Crippen LogP contribution >= 0.6 is 0 Å². The summed E-state index contributed by atoms with van der Waals surface area (Å²) in [7, 11) is 0. The first kappa shape index (κ1) is 44.6. The van der Waals surface area contributed by atoms with Crippen LogP contribution in [0.15, 0.2) is 152 Å². The Hall–Kier alpha value is -6.56. The Bertz CT molecular complexity index is 3200. The third kappa shape index (κ3) is 8.30. The molecule has 66 heavy (non-hydrogen) atoms.